The minimum atomic E-state index is 0.556. The van der Waals surface area contributed by atoms with Gasteiger partial charge in [0, 0.05) is 25.2 Å². The number of rotatable bonds is 8. The average Bonchev–Trinajstić information content (AvgIpc) is 2.53. The lowest BCUT2D eigenvalue weighted by Gasteiger charge is -2.41. The van der Waals surface area contributed by atoms with Crippen molar-refractivity contribution in [3.8, 4) is 0 Å². The predicted molar refractivity (Wildman–Crippen MR) is 91.6 cm³/mol. The van der Waals surface area contributed by atoms with E-state index in [1.54, 1.807) is 0 Å². The Morgan fingerprint density at radius 3 is 2.57 bits per heavy atom. The first-order chi connectivity index (χ1) is 10.3. The molecular formula is C19H32N2. The van der Waals surface area contributed by atoms with Gasteiger partial charge in [-0.2, -0.15) is 0 Å². The molecule has 1 heterocycles. The summed E-state index contributed by atoms with van der Waals surface area (Å²) in [6.45, 7) is 8.13. The van der Waals surface area contributed by atoms with Crippen LogP contribution in [0.3, 0.4) is 0 Å². The highest BCUT2D eigenvalue weighted by Gasteiger charge is 2.27. The van der Waals surface area contributed by atoms with Gasteiger partial charge in [0.05, 0.1) is 0 Å². The smallest absolute Gasteiger partial charge is 0.0473 e. The molecule has 0 radical (unpaired) electrons. The Labute approximate surface area is 130 Å². The third kappa shape index (κ3) is 5.12. The van der Waals surface area contributed by atoms with Gasteiger partial charge < -0.3 is 5.32 Å². The van der Waals surface area contributed by atoms with Crippen LogP contribution in [0.15, 0.2) is 30.3 Å². The average molecular weight is 288 g/mol. The van der Waals surface area contributed by atoms with E-state index in [2.05, 4.69) is 54.4 Å². The molecule has 0 aliphatic carbocycles. The molecule has 0 spiro atoms. The molecule has 2 rings (SSSR count). The Kier molecular flexibility index (Phi) is 7.25. The third-order valence-electron chi connectivity index (χ3n) is 4.62. The maximum absolute atomic E-state index is 3.76. The monoisotopic (exact) mass is 288 g/mol. The van der Waals surface area contributed by atoms with E-state index in [9.17, 15) is 0 Å². The number of hydrogen-bond acceptors (Lipinski definition) is 2. The molecule has 2 atom stereocenters. The Morgan fingerprint density at radius 2 is 1.86 bits per heavy atom. The second-order valence-electron chi connectivity index (χ2n) is 6.38. The van der Waals surface area contributed by atoms with E-state index in [-0.39, 0.29) is 0 Å². The van der Waals surface area contributed by atoms with Crippen LogP contribution in [0, 0.1) is 0 Å². The molecule has 0 aromatic heterocycles. The first kappa shape index (κ1) is 16.5. The zero-order valence-electron chi connectivity index (χ0n) is 13.9. The molecule has 118 valence electrons. The number of nitrogens with zero attached hydrogens (tertiary/aromatic N) is 1. The summed E-state index contributed by atoms with van der Waals surface area (Å²) in [7, 11) is 0. The molecule has 21 heavy (non-hydrogen) atoms. The van der Waals surface area contributed by atoms with E-state index < -0.39 is 0 Å². The maximum atomic E-state index is 3.76. The summed E-state index contributed by atoms with van der Waals surface area (Å²) in [6.07, 6.45) is 7.99. The number of piperazine rings is 1. The second kappa shape index (κ2) is 9.22. The van der Waals surface area contributed by atoms with Crippen molar-refractivity contribution in [3.05, 3.63) is 35.9 Å². The highest BCUT2D eigenvalue weighted by Crippen LogP contribution is 2.25. The minimum Gasteiger partial charge on any atom is -0.311 e. The van der Waals surface area contributed by atoms with Crippen molar-refractivity contribution in [3.63, 3.8) is 0 Å². The fourth-order valence-corrected chi connectivity index (χ4v) is 3.42. The molecule has 0 bridgehead atoms. The van der Waals surface area contributed by atoms with Crippen molar-refractivity contribution in [2.75, 3.05) is 19.6 Å². The van der Waals surface area contributed by atoms with E-state index >= 15 is 0 Å². The summed E-state index contributed by atoms with van der Waals surface area (Å²) in [5.41, 5.74) is 1.47. The lowest BCUT2D eigenvalue weighted by molar-refractivity contribution is 0.124. The highest BCUT2D eigenvalue weighted by molar-refractivity contribution is 5.20. The van der Waals surface area contributed by atoms with Crippen molar-refractivity contribution in [2.24, 2.45) is 0 Å². The van der Waals surface area contributed by atoms with Gasteiger partial charge in [0.2, 0.25) is 0 Å². The van der Waals surface area contributed by atoms with Gasteiger partial charge in [0.15, 0.2) is 0 Å². The molecule has 0 saturated carbocycles. The molecule has 1 aromatic carbocycles. The molecule has 0 amide bonds. The van der Waals surface area contributed by atoms with Crippen LogP contribution in [0.25, 0.3) is 0 Å². The number of benzene rings is 1. The zero-order chi connectivity index (χ0) is 14.9. The van der Waals surface area contributed by atoms with Crippen molar-refractivity contribution in [1.82, 2.24) is 10.2 Å². The fraction of sp³-hybridized carbons (Fsp3) is 0.684. The Balaban J connectivity index is 1.96. The largest absolute Gasteiger partial charge is 0.311 e. The molecule has 2 unspecified atom stereocenters. The normalized spacial score (nSPS) is 23.3. The van der Waals surface area contributed by atoms with Crippen molar-refractivity contribution in [2.45, 2.75) is 64.5 Å². The van der Waals surface area contributed by atoms with Crippen LogP contribution in [0.5, 0.6) is 0 Å². The van der Waals surface area contributed by atoms with E-state index in [4.69, 9.17) is 0 Å². The standard InChI is InChI=1S/C19H32N2/c1-3-5-6-10-14-21-16-18(11-4-2)20-15-19(21)17-12-8-7-9-13-17/h7-9,12-13,18-20H,3-6,10-11,14-16H2,1-2H3. The van der Waals surface area contributed by atoms with Crippen LogP contribution in [-0.4, -0.2) is 30.6 Å². The van der Waals surface area contributed by atoms with Gasteiger partial charge in [0.25, 0.3) is 0 Å². The molecule has 1 aromatic rings. The Hall–Kier alpha value is -0.860. The topological polar surface area (TPSA) is 15.3 Å². The first-order valence-electron chi connectivity index (χ1n) is 8.87. The van der Waals surface area contributed by atoms with Crippen LogP contribution in [0.2, 0.25) is 0 Å². The first-order valence-corrected chi connectivity index (χ1v) is 8.87. The molecule has 1 saturated heterocycles. The summed E-state index contributed by atoms with van der Waals surface area (Å²) in [5.74, 6) is 0. The Morgan fingerprint density at radius 1 is 1.05 bits per heavy atom. The molecule has 1 fully saturated rings. The minimum absolute atomic E-state index is 0.556. The van der Waals surface area contributed by atoms with Gasteiger partial charge in [-0.05, 0) is 24.9 Å². The predicted octanol–water partition coefficient (Wildman–Crippen LogP) is 4.38. The molecule has 1 aliphatic heterocycles. The molecule has 2 heteroatoms. The van der Waals surface area contributed by atoms with Crippen LogP contribution < -0.4 is 5.32 Å². The summed E-state index contributed by atoms with van der Waals surface area (Å²) in [5, 5.41) is 3.76. The SMILES string of the molecule is CCCCCCN1CC(CCC)NCC1c1ccccc1. The van der Waals surface area contributed by atoms with E-state index in [1.165, 1.54) is 57.2 Å². The quantitative estimate of drug-likeness (QED) is 0.714. The Bertz CT molecular complexity index is 376. The highest BCUT2D eigenvalue weighted by atomic mass is 15.2. The second-order valence-corrected chi connectivity index (χ2v) is 6.38. The zero-order valence-corrected chi connectivity index (χ0v) is 13.9. The van der Waals surface area contributed by atoms with Crippen molar-refractivity contribution in [1.29, 1.82) is 0 Å². The van der Waals surface area contributed by atoms with Crippen LogP contribution in [0.1, 0.15) is 64.0 Å². The van der Waals surface area contributed by atoms with E-state index in [0.717, 1.165) is 6.54 Å². The van der Waals surface area contributed by atoms with Crippen LogP contribution in [0.4, 0.5) is 0 Å². The summed E-state index contributed by atoms with van der Waals surface area (Å²) in [6, 6.07) is 12.3. The maximum Gasteiger partial charge on any atom is 0.0473 e. The van der Waals surface area contributed by atoms with Crippen LogP contribution in [-0.2, 0) is 0 Å². The van der Waals surface area contributed by atoms with Gasteiger partial charge in [-0.1, -0.05) is 69.9 Å². The van der Waals surface area contributed by atoms with Gasteiger partial charge in [0.1, 0.15) is 0 Å². The summed E-state index contributed by atoms with van der Waals surface area (Å²) < 4.78 is 0. The number of unbranched alkanes of at least 4 members (excludes halogenated alkanes) is 3. The summed E-state index contributed by atoms with van der Waals surface area (Å²) in [4.78, 5) is 2.72. The molecule has 1 N–H and O–H groups in total. The van der Waals surface area contributed by atoms with E-state index in [0.29, 0.717) is 12.1 Å². The van der Waals surface area contributed by atoms with Gasteiger partial charge in [-0.15, -0.1) is 0 Å². The van der Waals surface area contributed by atoms with E-state index in [1.807, 2.05) is 0 Å². The molecular weight excluding hydrogens is 256 g/mol. The third-order valence-corrected chi connectivity index (χ3v) is 4.62. The lowest BCUT2D eigenvalue weighted by Crippen LogP contribution is -2.52. The number of nitrogens with one attached hydrogen (secondary N) is 1. The van der Waals surface area contributed by atoms with Gasteiger partial charge in [-0.3, -0.25) is 4.90 Å². The van der Waals surface area contributed by atoms with Gasteiger partial charge >= 0.3 is 0 Å². The summed E-state index contributed by atoms with van der Waals surface area (Å²) >= 11 is 0. The lowest BCUT2D eigenvalue weighted by atomic mass is 9.98. The van der Waals surface area contributed by atoms with Gasteiger partial charge in [-0.25, -0.2) is 0 Å². The molecule has 1 aliphatic rings. The fourth-order valence-electron chi connectivity index (χ4n) is 3.42. The van der Waals surface area contributed by atoms with Crippen LogP contribution >= 0.6 is 0 Å². The molecule has 2 nitrogen and oxygen atoms in total. The van der Waals surface area contributed by atoms with Crippen molar-refractivity contribution < 1.29 is 0 Å². The van der Waals surface area contributed by atoms with Crippen molar-refractivity contribution >= 4 is 0 Å². The number of hydrogen-bond donors (Lipinski definition) is 1.